The second-order valence-electron chi connectivity index (χ2n) is 5.09. The van der Waals surface area contributed by atoms with E-state index in [9.17, 15) is 9.59 Å². The largest absolute Gasteiger partial charge is 0.465 e. The molecule has 0 aromatic heterocycles. The van der Waals surface area contributed by atoms with Crippen LogP contribution in [0.15, 0.2) is 48.5 Å². The Morgan fingerprint density at radius 1 is 1.08 bits per heavy atom. The molecule has 0 bridgehead atoms. The monoisotopic (exact) mass is 345 g/mol. The van der Waals surface area contributed by atoms with Crippen molar-refractivity contribution in [2.75, 3.05) is 13.4 Å². The Bertz CT molecular complexity index is 718. The van der Waals surface area contributed by atoms with Gasteiger partial charge in [0.15, 0.2) is 0 Å². The predicted octanol–water partition coefficient (Wildman–Crippen LogP) is 3.62. The van der Waals surface area contributed by atoms with Gasteiger partial charge in [-0.3, -0.25) is 4.79 Å². The van der Waals surface area contributed by atoms with Crippen LogP contribution in [0.2, 0.25) is 0 Å². The highest BCUT2D eigenvalue weighted by Crippen LogP contribution is 2.22. The summed E-state index contributed by atoms with van der Waals surface area (Å²) in [5.41, 5.74) is 1.60. The molecule has 1 N–H and O–H groups in total. The second kappa shape index (κ2) is 8.40. The molecule has 0 radical (unpaired) electrons. The fourth-order valence-electron chi connectivity index (χ4n) is 2.22. The van der Waals surface area contributed by atoms with Crippen molar-refractivity contribution < 1.29 is 18.5 Å². The van der Waals surface area contributed by atoms with Gasteiger partial charge >= 0.3 is 5.97 Å². The molecule has 0 unspecified atom stereocenters. The maximum Gasteiger partial charge on any atom is 0.338 e. The van der Waals surface area contributed by atoms with Crippen LogP contribution in [0.1, 0.15) is 39.2 Å². The predicted molar refractivity (Wildman–Crippen MR) is 94.2 cm³/mol. The number of rotatable bonds is 6. The van der Waals surface area contributed by atoms with Gasteiger partial charge < -0.3 is 14.2 Å². The lowest BCUT2D eigenvalue weighted by atomic mass is 10.1. The summed E-state index contributed by atoms with van der Waals surface area (Å²) in [6, 6.07) is 14.1. The lowest BCUT2D eigenvalue weighted by molar-refractivity contribution is 0.0600. The molecule has 6 heteroatoms. The molecule has 2 aromatic carbocycles. The number of hydrogen-bond donors (Lipinski definition) is 1. The third-order valence-corrected chi connectivity index (χ3v) is 3.78. The minimum atomic E-state index is -0.522. The number of esters is 1. The average molecular weight is 345 g/mol. The molecule has 126 valence electrons. The molecule has 1 amide bonds. The van der Waals surface area contributed by atoms with Crippen molar-refractivity contribution in [2.45, 2.75) is 13.0 Å². The molecule has 0 aliphatic rings. The van der Waals surface area contributed by atoms with E-state index in [1.54, 1.807) is 18.4 Å². The maximum absolute atomic E-state index is 12.5. The number of amides is 1. The van der Waals surface area contributed by atoms with Gasteiger partial charge in [0.05, 0.1) is 30.8 Å². The Morgan fingerprint density at radius 2 is 1.75 bits per heavy atom. The molecule has 0 aliphatic heterocycles. The van der Waals surface area contributed by atoms with Crippen LogP contribution in [-0.4, -0.2) is 25.2 Å². The maximum atomic E-state index is 12.5. The smallest absolute Gasteiger partial charge is 0.338 e. The van der Waals surface area contributed by atoms with E-state index in [0.29, 0.717) is 11.3 Å². The first-order chi connectivity index (χ1) is 11.5. The number of carbonyl (C=O) groups is 2. The molecule has 0 saturated carbocycles. The first kappa shape index (κ1) is 17.9. The van der Waals surface area contributed by atoms with E-state index in [4.69, 9.17) is 8.92 Å². The third-order valence-electron chi connectivity index (χ3n) is 3.42. The van der Waals surface area contributed by atoms with Crippen LogP contribution >= 0.6 is 12.0 Å². The number of benzene rings is 2. The minimum absolute atomic E-state index is 0.162. The zero-order valence-corrected chi connectivity index (χ0v) is 14.6. The first-order valence-electron chi connectivity index (χ1n) is 7.35. The third kappa shape index (κ3) is 4.52. The molecule has 24 heavy (non-hydrogen) atoms. The Kier molecular flexibility index (Phi) is 6.26. The lowest BCUT2D eigenvalue weighted by Crippen LogP contribution is -2.26. The molecule has 1 atom stereocenters. The SMILES string of the molecule is COC(=O)c1cc(OSC)cc(C(=O)N[C@H](C)c2ccccc2)c1. The van der Waals surface area contributed by atoms with Gasteiger partial charge in [-0.15, -0.1) is 0 Å². The Labute approximate surface area is 145 Å². The van der Waals surface area contributed by atoms with Crippen LogP contribution in [0.25, 0.3) is 0 Å². The molecule has 2 aromatic rings. The molecular formula is C18H19NO4S. The van der Waals surface area contributed by atoms with Crippen LogP contribution in [-0.2, 0) is 4.74 Å². The van der Waals surface area contributed by atoms with Crippen molar-refractivity contribution in [2.24, 2.45) is 0 Å². The Hall–Kier alpha value is -2.47. The van der Waals surface area contributed by atoms with Crippen molar-refractivity contribution in [3.63, 3.8) is 0 Å². The highest BCUT2D eigenvalue weighted by Gasteiger charge is 2.16. The van der Waals surface area contributed by atoms with Gasteiger partial charge in [0, 0.05) is 11.8 Å². The summed E-state index contributed by atoms with van der Waals surface area (Å²) < 4.78 is 10.1. The summed E-state index contributed by atoms with van der Waals surface area (Å²) in [6.45, 7) is 1.90. The number of nitrogens with one attached hydrogen (secondary N) is 1. The van der Waals surface area contributed by atoms with E-state index in [2.05, 4.69) is 5.32 Å². The summed E-state index contributed by atoms with van der Waals surface area (Å²) in [7, 11) is 1.29. The number of ether oxygens (including phenoxy) is 1. The first-order valence-corrected chi connectivity index (χ1v) is 8.50. The van der Waals surface area contributed by atoms with Gasteiger partial charge in [-0.05, 0) is 30.7 Å². The molecule has 2 rings (SSSR count). The molecule has 0 aliphatic carbocycles. The van der Waals surface area contributed by atoms with Gasteiger partial charge in [-0.25, -0.2) is 4.79 Å². The number of hydrogen-bond acceptors (Lipinski definition) is 5. The van der Waals surface area contributed by atoms with E-state index >= 15 is 0 Å². The molecule has 0 heterocycles. The van der Waals surface area contributed by atoms with Crippen molar-refractivity contribution in [1.82, 2.24) is 5.32 Å². The van der Waals surface area contributed by atoms with Crippen LogP contribution < -0.4 is 9.50 Å². The standard InChI is InChI=1S/C18H19NO4S/c1-12(13-7-5-4-6-8-13)19-17(20)14-9-15(18(21)22-2)11-16(10-14)23-24-3/h4-12H,1-3H3,(H,19,20)/t12-/m1/s1. The lowest BCUT2D eigenvalue weighted by Gasteiger charge is -2.15. The fourth-order valence-corrected chi connectivity index (χ4v) is 2.50. The number of methoxy groups -OCH3 is 1. The summed E-state index contributed by atoms with van der Waals surface area (Å²) in [6.07, 6.45) is 1.75. The quantitative estimate of drug-likeness (QED) is 0.640. The van der Waals surface area contributed by atoms with E-state index in [0.717, 1.165) is 17.6 Å². The summed E-state index contributed by atoms with van der Waals surface area (Å²) in [5.74, 6) is -0.391. The van der Waals surface area contributed by atoms with E-state index < -0.39 is 5.97 Å². The van der Waals surface area contributed by atoms with Gasteiger partial charge in [0.25, 0.3) is 5.91 Å². The van der Waals surface area contributed by atoms with E-state index in [1.165, 1.54) is 13.2 Å². The van der Waals surface area contributed by atoms with Crippen LogP contribution in [0, 0.1) is 0 Å². The summed E-state index contributed by atoms with van der Waals surface area (Å²) in [5, 5.41) is 2.91. The molecule has 0 spiro atoms. The van der Waals surface area contributed by atoms with Crippen LogP contribution in [0.5, 0.6) is 5.75 Å². The number of carbonyl (C=O) groups excluding carboxylic acids is 2. The Balaban J connectivity index is 2.24. The van der Waals surface area contributed by atoms with E-state index in [-0.39, 0.29) is 17.5 Å². The van der Waals surface area contributed by atoms with Crippen molar-refractivity contribution in [3.05, 3.63) is 65.2 Å². The second-order valence-corrected chi connectivity index (χ2v) is 5.59. The van der Waals surface area contributed by atoms with Gasteiger partial charge in [-0.1, -0.05) is 30.3 Å². The summed E-state index contributed by atoms with van der Waals surface area (Å²) in [4.78, 5) is 24.3. The zero-order chi connectivity index (χ0) is 17.5. The molecular weight excluding hydrogens is 326 g/mol. The molecule has 0 fully saturated rings. The fraction of sp³-hybridized carbons (Fsp3) is 0.222. The topological polar surface area (TPSA) is 64.6 Å². The van der Waals surface area contributed by atoms with Crippen molar-refractivity contribution in [3.8, 4) is 5.75 Å². The van der Waals surface area contributed by atoms with Crippen molar-refractivity contribution >= 4 is 23.9 Å². The van der Waals surface area contributed by atoms with Crippen LogP contribution in [0.3, 0.4) is 0 Å². The average Bonchev–Trinajstić information content (AvgIpc) is 2.61. The van der Waals surface area contributed by atoms with Gasteiger partial charge in [-0.2, -0.15) is 0 Å². The van der Waals surface area contributed by atoms with Gasteiger partial charge in [0.1, 0.15) is 5.75 Å². The van der Waals surface area contributed by atoms with Gasteiger partial charge in [0.2, 0.25) is 0 Å². The van der Waals surface area contributed by atoms with E-state index in [1.807, 2.05) is 37.3 Å². The highest BCUT2D eigenvalue weighted by atomic mass is 32.2. The molecule has 0 saturated heterocycles. The van der Waals surface area contributed by atoms with Crippen molar-refractivity contribution in [1.29, 1.82) is 0 Å². The normalized spacial score (nSPS) is 11.5. The molecule has 5 nitrogen and oxygen atoms in total. The minimum Gasteiger partial charge on any atom is -0.465 e. The summed E-state index contributed by atoms with van der Waals surface area (Å²) >= 11 is 1.13. The highest BCUT2D eigenvalue weighted by molar-refractivity contribution is 7.94. The Morgan fingerprint density at radius 3 is 2.38 bits per heavy atom. The van der Waals surface area contributed by atoms with Crippen LogP contribution in [0.4, 0.5) is 0 Å². The zero-order valence-electron chi connectivity index (χ0n) is 13.7.